The van der Waals surface area contributed by atoms with E-state index in [4.69, 9.17) is 15.2 Å². The first-order valence-corrected chi connectivity index (χ1v) is 3.93. The van der Waals surface area contributed by atoms with Crippen LogP contribution in [-0.2, 0) is 14.3 Å². The van der Waals surface area contributed by atoms with Gasteiger partial charge in [-0.3, -0.25) is 4.79 Å². The molecular weight excluding hydrogens is 158 g/mol. The van der Waals surface area contributed by atoms with E-state index in [-0.39, 0.29) is 0 Å². The summed E-state index contributed by atoms with van der Waals surface area (Å²) in [6.07, 6.45) is 0. The number of carbonyl (C=O) groups excluding carboxylic acids is 1. The Morgan fingerprint density at radius 1 is 1.58 bits per heavy atom. The third-order valence-electron chi connectivity index (χ3n) is 1.82. The Morgan fingerprint density at radius 3 is 2.42 bits per heavy atom. The SMILES string of the molecule is CCOC(=O)C(N)C(C)(C)OC. The zero-order chi connectivity index (χ0) is 9.78. The van der Waals surface area contributed by atoms with Crippen LogP contribution >= 0.6 is 0 Å². The number of ether oxygens (including phenoxy) is 2. The molecule has 0 amide bonds. The van der Waals surface area contributed by atoms with Crippen molar-refractivity contribution in [2.24, 2.45) is 5.73 Å². The highest BCUT2D eigenvalue weighted by Gasteiger charge is 2.32. The van der Waals surface area contributed by atoms with Gasteiger partial charge < -0.3 is 15.2 Å². The molecule has 0 fully saturated rings. The molecule has 0 aliphatic heterocycles. The van der Waals surface area contributed by atoms with Crippen molar-refractivity contribution in [1.29, 1.82) is 0 Å². The van der Waals surface area contributed by atoms with Crippen molar-refractivity contribution in [3.8, 4) is 0 Å². The molecular formula is C8H17NO3. The Labute approximate surface area is 73.0 Å². The van der Waals surface area contributed by atoms with E-state index >= 15 is 0 Å². The molecule has 0 bridgehead atoms. The molecule has 72 valence electrons. The average molecular weight is 175 g/mol. The molecule has 0 aromatic rings. The predicted octanol–water partition coefficient (Wildman–Crippen LogP) is 0.302. The van der Waals surface area contributed by atoms with Crippen molar-refractivity contribution < 1.29 is 14.3 Å². The lowest BCUT2D eigenvalue weighted by Gasteiger charge is -2.27. The third-order valence-corrected chi connectivity index (χ3v) is 1.82. The normalized spacial score (nSPS) is 14.1. The van der Waals surface area contributed by atoms with Crippen LogP contribution in [0, 0.1) is 0 Å². The van der Waals surface area contributed by atoms with E-state index in [1.807, 2.05) is 0 Å². The van der Waals surface area contributed by atoms with Gasteiger partial charge in [0.15, 0.2) is 0 Å². The van der Waals surface area contributed by atoms with Crippen LogP contribution in [0.15, 0.2) is 0 Å². The van der Waals surface area contributed by atoms with E-state index < -0.39 is 17.6 Å². The molecule has 12 heavy (non-hydrogen) atoms. The summed E-state index contributed by atoms with van der Waals surface area (Å²) in [6, 6.07) is -0.734. The maximum atomic E-state index is 11.1. The molecule has 0 aliphatic carbocycles. The Balaban J connectivity index is 4.17. The van der Waals surface area contributed by atoms with Gasteiger partial charge in [0, 0.05) is 7.11 Å². The van der Waals surface area contributed by atoms with Gasteiger partial charge in [0.25, 0.3) is 0 Å². The molecule has 0 aliphatic rings. The van der Waals surface area contributed by atoms with Gasteiger partial charge in [-0.2, -0.15) is 0 Å². The lowest BCUT2D eigenvalue weighted by Crippen LogP contribution is -2.50. The highest BCUT2D eigenvalue weighted by Crippen LogP contribution is 2.12. The highest BCUT2D eigenvalue weighted by molar-refractivity contribution is 5.76. The zero-order valence-electron chi connectivity index (χ0n) is 8.09. The summed E-state index contributed by atoms with van der Waals surface area (Å²) in [5, 5.41) is 0. The van der Waals surface area contributed by atoms with Crippen LogP contribution in [0.3, 0.4) is 0 Å². The maximum Gasteiger partial charge on any atom is 0.325 e. The van der Waals surface area contributed by atoms with E-state index in [0.717, 1.165) is 0 Å². The van der Waals surface area contributed by atoms with Gasteiger partial charge in [0.2, 0.25) is 0 Å². The fourth-order valence-corrected chi connectivity index (χ4v) is 0.643. The van der Waals surface area contributed by atoms with Crippen LogP contribution in [0.1, 0.15) is 20.8 Å². The first-order chi connectivity index (χ1) is 5.45. The van der Waals surface area contributed by atoms with Gasteiger partial charge >= 0.3 is 5.97 Å². The van der Waals surface area contributed by atoms with Crippen LogP contribution in [0.5, 0.6) is 0 Å². The quantitative estimate of drug-likeness (QED) is 0.624. The summed E-state index contributed by atoms with van der Waals surface area (Å²) >= 11 is 0. The molecule has 0 saturated carbocycles. The molecule has 0 spiro atoms. The van der Waals surface area contributed by atoms with E-state index in [1.54, 1.807) is 20.8 Å². The van der Waals surface area contributed by atoms with Crippen molar-refractivity contribution in [3.63, 3.8) is 0 Å². The number of carbonyl (C=O) groups is 1. The monoisotopic (exact) mass is 175 g/mol. The number of nitrogens with two attached hydrogens (primary N) is 1. The molecule has 0 rings (SSSR count). The fourth-order valence-electron chi connectivity index (χ4n) is 0.643. The van der Waals surface area contributed by atoms with E-state index in [9.17, 15) is 4.79 Å². The molecule has 1 unspecified atom stereocenters. The standard InChI is InChI=1S/C8H17NO3/c1-5-12-7(10)6(9)8(2,3)11-4/h6H,5,9H2,1-4H3. The molecule has 0 aromatic carbocycles. The molecule has 2 N–H and O–H groups in total. The topological polar surface area (TPSA) is 61.5 Å². The number of esters is 1. The predicted molar refractivity (Wildman–Crippen MR) is 45.7 cm³/mol. The minimum atomic E-state index is -0.734. The van der Waals surface area contributed by atoms with Crippen molar-refractivity contribution in [2.75, 3.05) is 13.7 Å². The van der Waals surface area contributed by atoms with E-state index in [2.05, 4.69) is 0 Å². The van der Waals surface area contributed by atoms with Crippen LogP contribution < -0.4 is 5.73 Å². The largest absolute Gasteiger partial charge is 0.465 e. The number of hydrogen-bond acceptors (Lipinski definition) is 4. The summed E-state index contributed by atoms with van der Waals surface area (Å²) in [5.74, 6) is -0.427. The molecule has 0 aromatic heterocycles. The Kier molecular flexibility index (Phi) is 4.20. The van der Waals surface area contributed by atoms with Crippen LogP contribution in [0.4, 0.5) is 0 Å². The smallest absolute Gasteiger partial charge is 0.325 e. The molecule has 0 heterocycles. The third kappa shape index (κ3) is 2.79. The summed E-state index contributed by atoms with van der Waals surface area (Å²) in [4.78, 5) is 11.1. The minimum Gasteiger partial charge on any atom is -0.465 e. The highest BCUT2D eigenvalue weighted by atomic mass is 16.5. The van der Waals surface area contributed by atoms with Gasteiger partial charge in [-0.05, 0) is 20.8 Å². The molecule has 0 saturated heterocycles. The molecule has 4 nitrogen and oxygen atoms in total. The van der Waals surface area contributed by atoms with Crippen molar-refractivity contribution in [1.82, 2.24) is 0 Å². The maximum absolute atomic E-state index is 11.1. The summed E-state index contributed by atoms with van der Waals surface area (Å²) < 4.78 is 9.79. The van der Waals surface area contributed by atoms with E-state index in [1.165, 1.54) is 7.11 Å². The lowest BCUT2D eigenvalue weighted by molar-refractivity contribution is -0.151. The second kappa shape index (κ2) is 4.42. The molecule has 4 heteroatoms. The molecule has 1 atom stereocenters. The van der Waals surface area contributed by atoms with Crippen LogP contribution in [0.25, 0.3) is 0 Å². The first kappa shape index (κ1) is 11.4. The lowest BCUT2D eigenvalue weighted by atomic mass is 10.00. The summed E-state index contributed by atoms with van der Waals surface area (Å²) in [6.45, 7) is 5.57. The van der Waals surface area contributed by atoms with Gasteiger partial charge in [0.1, 0.15) is 6.04 Å². The summed E-state index contributed by atoms with van der Waals surface area (Å²) in [7, 11) is 1.51. The number of methoxy groups -OCH3 is 1. The van der Waals surface area contributed by atoms with Crippen molar-refractivity contribution in [3.05, 3.63) is 0 Å². The minimum absolute atomic E-state index is 0.340. The average Bonchev–Trinajstić information content (AvgIpc) is 2.03. The Bertz CT molecular complexity index is 156. The second-order valence-electron chi connectivity index (χ2n) is 3.04. The first-order valence-electron chi connectivity index (χ1n) is 3.93. The van der Waals surface area contributed by atoms with Gasteiger partial charge in [0.05, 0.1) is 12.2 Å². The van der Waals surface area contributed by atoms with Crippen molar-refractivity contribution in [2.45, 2.75) is 32.4 Å². The summed E-state index contributed by atoms with van der Waals surface area (Å²) in [5.41, 5.74) is 4.92. The zero-order valence-corrected chi connectivity index (χ0v) is 8.09. The van der Waals surface area contributed by atoms with Crippen LogP contribution in [-0.4, -0.2) is 31.3 Å². The molecule has 0 radical (unpaired) electrons. The van der Waals surface area contributed by atoms with Crippen LogP contribution in [0.2, 0.25) is 0 Å². The van der Waals surface area contributed by atoms with Gasteiger partial charge in [-0.25, -0.2) is 0 Å². The second-order valence-corrected chi connectivity index (χ2v) is 3.04. The number of rotatable bonds is 4. The van der Waals surface area contributed by atoms with Crippen molar-refractivity contribution >= 4 is 5.97 Å². The Morgan fingerprint density at radius 2 is 2.08 bits per heavy atom. The van der Waals surface area contributed by atoms with Gasteiger partial charge in [-0.15, -0.1) is 0 Å². The van der Waals surface area contributed by atoms with Gasteiger partial charge in [-0.1, -0.05) is 0 Å². The Hall–Kier alpha value is -0.610. The fraction of sp³-hybridized carbons (Fsp3) is 0.875. The van der Waals surface area contributed by atoms with E-state index in [0.29, 0.717) is 6.61 Å². The number of hydrogen-bond donors (Lipinski definition) is 1.